The van der Waals surface area contributed by atoms with Crippen LogP contribution in [0, 0.1) is 5.82 Å². The predicted molar refractivity (Wildman–Crippen MR) is 63.7 cm³/mol. The number of rotatable bonds is 3. The molecule has 0 aromatic heterocycles. The topological polar surface area (TPSA) is 29.1 Å². The smallest absolute Gasteiger partial charge is 0.343 e. The molecule has 1 aromatic rings. The number of alkyl halides is 3. The highest BCUT2D eigenvalue weighted by Crippen LogP contribution is 2.20. The Morgan fingerprint density at radius 1 is 1.16 bits per heavy atom. The second kappa shape index (κ2) is 5.86. The maximum atomic E-state index is 12.8. The van der Waals surface area contributed by atoms with Crippen molar-refractivity contribution >= 4 is 11.5 Å². The molecular formula is C13H13F4NO. The first-order valence-corrected chi connectivity index (χ1v) is 5.49. The van der Waals surface area contributed by atoms with Crippen LogP contribution < -0.4 is 5.32 Å². The summed E-state index contributed by atoms with van der Waals surface area (Å²) in [6, 6.07) is 5.00. The highest BCUT2D eigenvalue weighted by atomic mass is 19.4. The Labute approximate surface area is 108 Å². The van der Waals surface area contributed by atoms with E-state index in [0.717, 1.165) is 12.1 Å². The van der Waals surface area contributed by atoms with Crippen molar-refractivity contribution in [2.45, 2.75) is 20.0 Å². The third-order valence-electron chi connectivity index (χ3n) is 2.31. The van der Waals surface area contributed by atoms with E-state index in [0.29, 0.717) is 11.1 Å². The monoisotopic (exact) mass is 275 g/mol. The van der Waals surface area contributed by atoms with Gasteiger partial charge in [0.25, 0.3) is 5.91 Å². The van der Waals surface area contributed by atoms with Gasteiger partial charge in [-0.15, -0.1) is 0 Å². The molecule has 0 unspecified atom stereocenters. The minimum atomic E-state index is -4.47. The van der Waals surface area contributed by atoms with Crippen LogP contribution >= 0.6 is 0 Å². The lowest BCUT2D eigenvalue weighted by molar-refractivity contribution is -0.135. The van der Waals surface area contributed by atoms with E-state index in [1.54, 1.807) is 19.2 Å². The Balaban J connectivity index is 2.94. The molecule has 2 nitrogen and oxygen atoms in total. The number of allylic oxidation sites excluding steroid dienone is 1. The standard InChI is InChI=1S/C13H13F4NO/c1-8(2)11(9-3-5-10(14)6-4-9)12(19)18-7-13(15,16)17/h3-6H,7H2,1-2H3,(H,18,19). The molecule has 1 amide bonds. The van der Waals surface area contributed by atoms with Gasteiger partial charge in [0.2, 0.25) is 0 Å². The van der Waals surface area contributed by atoms with Crippen molar-refractivity contribution < 1.29 is 22.4 Å². The summed E-state index contributed by atoms with van der Waals surface area (Å²) in [6.45, 7) is 1.81. The molecule has 0 radical (unpaired) electrons. The van der Waals surface area contributed by atoms with E-state index in [1.165, 1.54) is 12.1 Å². The summed E-state index contributed by atoms with van der Waals surface area (Å²) in [6.07, 6.45) is -4.47. The molecule has 0 heterocycles. The van der Waals surface area contributed by atoms with E-state index in [4.69, 9.17) is 0 Å². The van der Waals surface area contributed by atoms with Crippen LogP contribution in [0.5, 0.6) is 0 Å². The molecule has 0 bridgehead atoms. The van der Waals surface area contributed by atoms with Crippen LogP contribution in [0.4, 0.5) is 17.6 Å². The summed E-state index contributed by atoms with van der Waals surface area (Å²) in [7, 11) is 0. The van der Waals surface area contributed by atoms with Crippen LogP contribution in [-0.2, 0) is 4.79 Å². The zero-order chi connectivity index (χ0) is 14.6. The van der Waals surface area contributed by atoms with Crippen molar-refractivity contribution in [3.05, 3.63) is 41.2 Å². The lowest BCUT2D eigenvalue weighted by Crippen LogP contribution is -2.34. The molecule has 1 rings (SSSR count). The first-order chi connectivity index (χ1) is 8.70. The molecule has 1 N–H and O–H groups in total. The number of benzene rings is 1. The number of halogens is 4. The SMILES string of the molecule is CC(C)=C(C(=O)NCC(F)(F)F)c1ccc(F)cc1. The van der Waals surface area contributed by atoms with E-state index < -0.39 is 24.4 Å². The Bertz CT molecular complexity index is 484. The summed E-state index contributed by atoms with van der Waals surface area (Å²) in [4.78, 5) is 11.8. The quantitative estimate of drug-likeness (QED) is 0.665. The van der Waals surface area contributed by atoms with Gasteiger partial charge in [-0.3, -0.25) is 4.79 Å². The van der Waals surface area contributed by atoms with E-state index in [2.05, 4.69) is 0 Å². The number of amides is 1. The number of carbonyl (C=O) groups is 1. The number of nitrogens with one attached hydrogen (secondary N) is 1. The van der Waals surface area contributed by atoms with Crippen LogP contribution in [0.1, 0.15) is 19.4 Å². The van der Waals surface area contributed by atoms with E-state index >= 15 is 0 Å². The van der Waals surface area contributed by atoms with Crippen LogP contribution in [0.2, 0.25) is 0 Å². The molecule has 0 aliphatic rings. The summed E-state index contributed by atoms with van der Waals surface area (Å²) >= 11 is 0. The van der Waals surface area contributed by atoms with Gasteiger partial charge in [-0.25, -0.2) is 4.39 Å². The summed E-state index contributed by atoms with van der Waals surface area (Å²) in [5.41, 5.74) is 1.04. The molecule has 0 fully saturated rings. The minimum absolute atomic E-state index is 0.115. The normalized spacial score (nSPS) is 11.1. The van der Waals surface area contributed by atoms with Gasteiger partial charge in [0, 0.05) is 5.57 Å². The van der Waals surface area contributed by atoms with E-state index in [-0.39, 0.29) is 5.57 Å². The predicted octanol–water partition coefficient (Wildman–Crippen LogP) is 3.30. The fraction of sp³-hybridized carbons (Fsp3) is 0.308. The van der Waals surface area contributed by atoms with Gasteiger partial charge in [-0.1, -0.05) is 17.7 Å². The molecule has 0 spiro atoms. The molecule has 1 aromatic carbocycles. The fourth-order valence-corrected chi connectivity index (χ4v) is 1.53. The molecule has 0 aliphatic heterocycles. The van der Waals surface area contributed by atoms with Crippen molar-refractivity contribution in [1.82, 2.24) is 5.32 Å². The highest BCUT2D eigenvalue weighted by molar-refractivity contribution is 6.20. The summed E-state index contributed by atoms with van der Waals surface area (Å²) in [5.74, 6) is -1.31. The highest BCUT2D eigenvalue weighted by Gasteiger charge is 2.28. The Morgan fingerprint density at radius 2 is 1.68 bits per heavy atom. The molecule has 0 saturated carbocycles. The second-order valence-corrected chi connectivity index (χ2v) is 4.18. The van der Waals surface area contributed by atoms with E-state index in [1.807, 2.05) is 0 Å². The van der Waals surface area contributed by atoms with E-state index in [9.17, 15) is 22.4 Å². The van der Waals surface area contributed by atoms with Gasteiger partial charge >= 0.3 is 6.18 Å². The van der Waals surface area contributed by atoms with Crippen molar-refractivity contribution in [2.24, 2.45) is 0 Å². The molecular weight excluding hydrogens is 262 g/mol. The Kier molecular flexibility index (Phi) is 4.69. The zero-order valence-electron chi connectivity index (χ0n) is 10.4. The molecule has 0 saturated heterocycles. The molecule has 0 atom stereocenters. The van der Waals surface area contributed by atoms with Crippen LogP contribution in [0.25, 0.3) is 5.57 Å². The van der Waals surface area contributed by atoms with Crippen LogP contribution in [-0.4, -0.2) is 18.6 Å². The van der Waals surface area contributed by atoms with Gasteiger partial charge in [-0.2, -0.15) is 13.2 Å². The second-order valence-electron chi connectivity index (χ2n) is 4.18. The average molecular weight is 275 g/mol. The van der Waals surface area contributed by atoms with Crippen molar-refractivity contribution in [3.63, 3.8) is 0 Å². The van der Waals surface area contributed by atoms with Crippen LogP contribution in [0.15, 0.2) is 29.8 Å². The fourth-order valence-electron chi connectivity index (χ4n) is 1.53. The molecule has 0 aliphatic carbocycles. The lowest BCUT2D eigenvalue weighted by Gasteiger charge is -2.12. The maximum Gasteiger partial charge on any atom is 0.405 e. The largest absolute Gasteiger partial charge is 0.405 e. The lowest BCUT2D eigenvalue weighted by atomic mass is 10.0. The van der Waals surface area contributed by atoms with Crippen molar-refractivity contribution in [1.29, 1.82) is 0 Å². The average Bonchev–Trinajstić information content (AvgIpc) is 2.28. The summed E-state index contributed by atoms with van der Waals surface area (Å²) < 4.78 is 49.0. The van der Waals surface area contributed by atoms with Gasteiger partial charge in [0.1, 0.15) is 12.4 Å². The van der Waals surface area contributed by atoms with Gasteiger partial charge in [0.05, 0.1) is 0 Å². The number of carbonyl (C=O) groups excluding carboxylic acids is 1. The van der Waals surface area contributed by atoms with Crippen LogP contribution in [0.3, 0.4) is 0 Å². The van der Waals surface area contributed by atoms with Gasteiger partial charge in [-0.05, 0) is 31.5 Å². The first kappa shape index (κ1) is 15.2. The van der Waals surface area contributed by atoms with Crippen molar-refractivity contribution in [2.75, 3.05) is 6.54 Å². The first-order valence-electron chi connectivity index (χ1n) is 5.49. The third kappa shape index (κ3) is 4.73. The molecule has 6 heteroatoms. The maximum absolute atomic E-state index is 12.8. The Hall–Kier alpha value is -1.85. The zero-order valence-corrected chi connectivity index (χ0v) is 10.4. The molecule has 104 valence electrons. The number of hydrogen-bond donors (Lipinski definition) is 1. The Morgan fingerprint density at radius 3 is 2.11 bits per heavy atom. The third-order valence-corrected chi connectivity index (χ3v) is 2.31. The minimum Gasteiger partial charge on any atom is -0.343 e. The van der Waals surface area contributed by atoms with Crippen molar-refractivity contribution in [3.8, 4) is 0 Å². The molecule has 19 heavy (non-hydrogen) atoms. The van der Waals surface area contributed by atoms with Gasteiger partial charge < -0.3 is 5.32 Å². The number of hydrogen-bond acceptors (Lipinski definition) is 1. The van der Waals surface area contributed by atoms with Gasteiger partial charge in [0.15, 0.2) is 0 Å². The summed E-state index contributed by atoms with van der Waals surface area (Å²) in [5, 5.41) is 1.80.